The summed E-state index contributed by atoms with van der Waals surface area (Å²) in [4.78, 5) is 8.90. The molecule has 1 fully saturated rings. The Labute approximate surface area is 116 Å². The molecule has 0 spiro atoms. The Morgan fingerprint density at radius 2 is 2.37 bits per heavy atom. The lowest BCUT2D eigenvalue weighted by molar-refractivity contribution is 0.631. The lowest BCUT2D eigenvalue weighted by Crippen LogP contribution is -2.15. The number of rotatable bonds is 5. The van der Waals surface area contributed by atoms with E-state index in [1.807, 2.05) is 18.7 Å². The second-order valence-corrected chi connectivity index (χ2v) is 5.82. The Morgan fingerprint density at radius 3 is 3.16 bits per heavy atom. The average molecular weight is 278 g/mol. The SMILES string of the molecule is CCNc1nc(NCC2CCSC2)c2cn[nH]c2n1. The quantitative estimate of drug-likeness (QED) is 0.776. The predicted octanol–water partition coefficient (Wildman–Crippen LogP) is 1.95. The van der Waals surface area contributed by atoms with Crippen LogP contribution in [0.1, 0.15) is 13.3 Å². The molecule has 1 atom stereocenters. The van der Waals surface area contributed by atoms with Gasteiger partial charge in [-0.3, -0.25) is 5.10 Å². The van der Waals surface area contributed by atoms with E-state index in [0.29, 0.717) is 5.95 Å². The largest absolute Gasteiger partial charge is 0.369 e. The smallest absolute Gasteiger partial charge is 0.226 e. The lowest BCUT2D eigenvalue weighted by Gasteiger charge is -2.12. The maximum absolute atomic E-state index is 4.52. The summed E-state index contributed by atoms with van der Waals surface area (Å²) in [7, 11) is 0. The number of hydrogen-bond donors (Lipinski definition) is 3. The van der Waals surface area contributed by atoms with Crippen LogP contribution in [0.25, 0.3) is 11.0 Å². The maximum atomic E-state index is 4.52. The Morgan fingerprint density at radius 1 is 1.42 bits per heavy atom. The van der Waals surface area contributed by atoms with Crippen molar-refractivity contribution in [1.29, 1.82) is 0 Å². The molecular formula is C12H18N6S. The highest BCUT2D eigenvalue weighted by Crippen LogP contribution is 2.25. The van der Waals surface area contributed by atoms with Crippen LogP contribution in [0.15, 0.2) is 6.20 Å². The van der Waals surface area contributed by atoms with Gasteiger partial charge in [0.2, 0.25) is 5.95 Å². The summed E-state index contributed by atoms with van der Waals surface area (Å²) in [6.45, 7) is 3.80. The Kier molecular flexibility index (Phi) is 3.72. The van der Waals surface area contributed by atoms with E-state index >= 15 is 0 Å². The Balaban J connectivity index is 1.80. The minimum absolute atomic E-state index is 0.641. The minimum atomic E-state index is 0.641. The van der Waals surface area contributed by atoms with E-state index in [1.165, 1.54) is 17.9 Å². The molecule has 2 aromatic rings. The number of fused-ring (bicyclic) bond motifs is 1. The molecule has 0 saturated carbocycles. The zero-order valence-corrected chi connectivity index (χ0v) is 11.8. The van der Waals surface area contributed by atoms with Gasteiger partial charge >= 0.3 is 0 Å². The fraction of sp³-hybridized carbons (Fsp3) is 0.583. The van der Waals surface area contributed by atoms with Crippen LogP contribution in [-0.4, -0.2) is 44.8 Å². The van der Waals surface area contributed by atoms with Crippen LogP contribution in [0.5, 0.6) is 0 Å². The van der Waals surface area contributed by atoms with Gasteiger partial charge in [-0.1, -0.05) is 0 Å². The van der Waals surface area contributed by atoms with Crippen LogP contribution in [0, 0.1) is 5.92 Å². The molecule has 0 amide bonds. The van der Waals surface area contributed by atoms with Gasteiger partial charge in [-0.25, -0.2) is 0 Å². The van der Waals surface area contributed by atoms with Gasteiger partial charge in [-0.05, 0) is 30.8 Å². The van der Waals surface area contributed by atoms with E-state index < -0.39 is 0 Å². The van der Waals surface area contributed by atoms with Crippen molar-refractivity contribution < 1.29 is 0 Å². The fourth-order valence-electron chi connectivity index (χ4n) is 2.19. The first-order valence-electron chi connectivity index (χ1n) is 6.63. The number of nitrogens with zero attached hydrogens (tertiary/aromatic N) is 3. The minimum Gasteiger partial charge on any atom is -0.369 e. The van der Waals surface area contributed by atoms with Crippen molar-refractivity contribution in [2.45, 2.75) is 13.3 Å². The van der Waals surface area contributed by atoms with Crippen LogP contribution in [0.4, 0.5) is 11.8 Å². The van der Waals surface area contributed by atoms with Crippen LogP contribution in [-0.2, 0) is 0 Å². The summed E-state index contributed by atoms with van der Waals surface area (Å²) >= 11 is 2.03. The van der Waals surface area contributed by atoms with Crippen LogP contribution >= 0.6 is 11.8 Å². The fourth-order valence-corrected chi connectivity index (χ4v) is 3.48. The van der Waals surface area contributed by atoms with E-state index in [-0.39, 0.29) is 0 Å². The molecule has 19 heavy (non-hydrogen) atoms. The van der Waals surface area contributed by atoms with Crippen molar-refractivity contribution >= 4 is 34.6 Å². The van der Waals surface area contributed by atoms with Gasteiger partial charge in [-0.2, -0.15) is 26.8 Å². The molecular weight excluding hydrogens is 260 g/mol. The van der Waals surface area contributed by atoms with E-state index in [2.05, 4.69) is 30.8 Å². The second-order valence-electron chi connectivity index (χ2n) is 4.67. The highest BCUT2D eigenvalue weighted by atomic mass is 32.2. The first-order chi connectivity index (χ1) is 9.36. The lowest BCUT2D eigenvalue weighted by atomic mass is 10.1. The summed E-state index contributed by atoms with van der Waals surface area (Å²) in [5.41, 5.74) is 0.772. The van der Waals surface area contributed by atoms with E-state index in [0.717, 1.165) is 35.9 Å². The van der Waals surface area contributed by atoms with Crippen LogP contribution < -0.4 is 10.6 Å². The first kappa shape index (κ1) is 12.5. The number of anilines is 2. The average Bonchev–Trinajstić information content (AvgIpc) is 3.07. The monoisotopic (exact) mass is 278 g/mol. The van der Waals surface area contributed by atoms with Gasteiger partial charge in [0.1, 0.15) is 5.82 Å². The molecule has 3 rings (SSSR count). The van der Waals surface area contributed by atoms with Gasteiger partial charge in [0.15, 0.2) is 5.65 Å². The predicted molar refractivity (Wildman–Crippen MR) is 79.8 cm³/mol. The van der Waals surface area contributed by atoms with Gasteiger partial charge in [0, 0.05) is 13.1 Å². The molecule has 3 N–H and O–H groups in total. The zero-order valence-electron chi connectivity index (χ0n) is 10.9. The normalized spacial score (nSPS) is 18.9. The molecule has 0 aliphatic carbocycles. The highest BCUT2D eigenvalue weighted by Gasteiger charge is 2.16. The third kappa shape index (κ3) is 2.75. The number of nitrogens with one attached hydrogen (secondary N) is 3. The van der Waals surface area contributed by atoms with Gasteiger partial charge in [0.05, 0.1) is 11.6 Å². The molecule has 7 heteroatoms. The summed E-state index contributed by atoms with van der Waals surface area (Å²) in [6.07, 6.45) is 3.06. The van der Waals surface area contributed by atoms with Gasteiger partial charge < -0.3 is 10.6 Å². The first-order valence-corrected chi connectivity index (χ1v) is 7.79. The molecule has 1 saturated heterocycles. The Hall–Kier alpha value is -1.50. The molecule has 102 valence electrons. The van der Waals surface area contributed by atoms with Crippen molar-refractivity contribution in [2.75, 3.05) is 35.2 Å². The van der Waals surface area contributed by atoms with Crippen molar-refractivity contribution in [2.24, 2.45) is 5.92 Å². The van der Waals surface area contributed by atoms with Crippen molar-refractivity contribution in [3.63, 3.8) is 0 Å². The summed E-state index contributed by atoms with van der Waals surface area (Å²) in [5.74, 6) is 4.77. The third-order valence-corrected chi connectivity index (χ3v) is 4.46. The maximum Gasteiger partial charge on any atom is 0.226 e. The van der Waals surface area contributed by atoms with Crippen molar-refractivity contribution in [3.8, 4) is 0 Å². The number of H-pyrrole nitrogens is 1. The summed E-state index contributed by atoms with van der Waals surface area (Å²) in [6, 6.07) is 0. The van der Waals surface area contributed by atoms with Crippen molar-refractivity contribution in [3.05, 3.63) is 6.20 Å². The van der Waals surface area contributed by atoms with Gasteiger partial charge in [-0.15, -0.1) is 0 Å². The highest BCUT2D eigenvalue weighted by molar-refractivity contribution is 7.99. The molecule has 0 radical (unpaired) electrons. The molecule has 2 aromatic heterocycles. The topological polar surface area (TPSA) is 78.5 Å². The molecule has 1 aliphatic heterocycles. The summed E-state index contributed by atoms with van der Waals surface area (Å²) in [5, 5.41) is 14.5. The number of hydrogen-bond acceptors (Lipinski definition) is 6. The standard InChI is InChI=1S/C12H18N6S/c1-2-13-12-16-10(9-6-15-18-11(9)17-12)14-5-8-3-4-19-7-8/h6,8H,2-5,7H2,1H3,(H3,13,14,15,16,17,18). The molecule has 3 heterocycles. The van der Waals surface area contributed by atoms with Gasteiger partial charge in [0.25, 0.3) is 0 Å². The molecule has 1 unspecified atom stereocenters. The molecule has 6 nitrogen and oxygen atoms in total. The van der Waals surface area contributed by atoms with Crippen LogP contribution in [0.2, 0.25) is 0 Å². The molecule has 0 bridgehead atoms. The number of aromatic amines is 1. The molecule has 0 aromatic carbocycles. The van der Waals surface area contributed by atoms with E-state index in [4.69, 9.17) is 0 Å². The number of aromatic nitrogens is 4. The third-order valence-electron chi connectivity index (χ3n) is 3.23. The van der Waals surface area contributed by atoms with Crippen LogP contribution in [0.3, 0.4) is 0 Å². The second kappa shape index (κ2) is 5.64. The van der Waals surface area contributed by atoms with Crippen molar-refractivity contribution in [1.82, 2.24) is 20.2 Å². The van der Waals surface area contributed by atoms with E-state index in [9.17, 15) is 0 Å². The zero-order chi connectivity index (χ0) is 13.1. The Bertz CT molecular complexity index is 548. The summed E-state index contributed by atoms with van der Waals surface area (Å²) < 4.78 is 0. The number of thioether (sulfide) groups is 1. The van der Waals surface area contributed by atoms with E-state index in [1.54, 1.807) is 6.20 Å². The molecule has 1 aliphatic rings.